The van der Waals surface area contributed by atoms with E-state index >= 15 is 0 Å². The number of aromatic nitrogens is 1. The van der Waals surface area contributed by atoms with E-state index < -0.39 is 5.97 Å². The Kier molecular flexibility index (Phi) is 7.92. The summed E-state index contributed by atoms with van der Waals surface area (Å²) in [5.41, 5.74) is 6.65. The van der Waals surface area contributed by atoms with Crippen LogP contribution in [-0.2, 0) is 35.2 Å². The van der Waals surface area contributed by atoms with Crippen LogP contribution in [0.1, 0.15) is 70.4 Å². The van der Waals surface area contributed by atoms with E-state index in [1.54, 1.807) is 0 Å². The van der Waals surface area contributed by atoms with Gasteiger partial charge in [0.25, 0.3) is 0 Å². The summed E-state index contributed by atoms with van der Waals surface area (Å²) in [4.78, 5) is 31.5. The maximum Gasteiger partial charge on any atom is 0.341 e. The minimum absolute atomic E-state index is 0.172. The molecule has 0 unspecified atom stereocenters. The summed E-state index contributed by atoms with van der Waals surface area (Å²) in [5, 5.41) is 13.9. The molecule has 0 saturated carbocycles. The van der Waals surface area contributed by atoms with E-state index in [1.165, 1.54) is 54.2 Å². The van der Waals surface area contributed by atoms with E-state index in [2.05, 4.69) is 23.5 Å². The molecule has 3 aromatic rings. The standard InChI is InChI=1S/C29H29N3O3S2/c1-35-29(34)25-22-13-12-18-8-6-7-10-21(18)26(22)37-28(25)32-24(33)14-15-36-27-20(17-30)16-19-9-4-2-3-5-11-23(19)31-27/h6-8,10,16H,2-5,9,11-15H2,1H3,(H,32,33). The van der Waals surface area contributed by atoms with Gasteiger partial charge in [-0.2, -0.15) is 5.26 Å². The van der Waals surface area contributed by atoms with E-state index in [4.69, 9.17) is 9.72 Å². The maximum absolute atomic E-state index is 12.9. The fraction of sp³-hybridized carbons (Fsp3) is 0.379. The molecule has 0 aliphatic heterocycles. The normalized spacial score (nSPS) is 14.3. The van der Waals surface area contributed by atoms with Crippen LogP contribution < -0.4 is 5.32 Å². The Balaban J connectivity index is 1.30. The predicted octanol–water partition coefficient (Wildman–Crippen LogP) is 6.35. The molecule has 1 amide bonds. The first-order valence-electron chi connectivity index (χ1n) is 12.8. The van der Waals surface area contributed by atoms with Gasteiger partial charge in [-0.05, 0) is 66.8 Å². The van der Waals surface area contributed by atoms with Gasteiger partial charge in [-0.1, -0.05) is 37.1 Å². The predicted molar refractivity (Wildman–Crippen MR) is 147 cm³/mol. The summed E-state index contributed by atoms with van der Waals surface area (Å²) in [6.45, 7) is 0. The van der Waals surface area contributed by atoms with Gasteiger partial charge < -0.3 is 10.1 Å². The summed E-state index contributed by atoms with van der Waals surface area (Å²) >= 11 is 2.88. The van der Waals surface area contributed by atoms with Crippen molar-refractivity contribution in [1.29, 1.82) is 5.26 Å². The van der Waals surface area contributed by atoms with Crippen LogP contribution in [-0.4, -0.2) is 29.7 Å². The first-order chi connectivity index (χ1) is 18.1. The average molecular weight is 532 g/mol. The van der Waals surface area contributed by atoms with Gasteiger partial charge in [0.05, 0.1) is 18.2 Å². The number of methoxy groups -OCH3 is 1. The van der Waals surface area contributed by atoms with Crippen molar-refractivity contribution >= 4 is 40.0 Å². The Morgan fingerprint density at radius 1 is 1.11 bits per heavy atom. The molecule has 0 atom stereocenters. The number of amides is 1. The maximum atomic E-state index is 12.9. The highest BCUT2D eigenvalue weighted by Gasteiger charge is 2.29. The zero-order valence-corrected chi connectivity index (χ0v) is 22.5. The van der Waals surface area contributed by atoms with Crippen LogP contribution in [0.25, 0.3) is 10.4 Å². The van der Waals surface area contributed by atoms with Gasteiger partial charge in [-0.15, -0.1) is 23.1 Å². The van der Waals surface area contributed by atoms with Crippen LogP contribution in [0, 0.1) is 11.3 Å². The molecule has 5 rings (SSSR count). The fourth-order valence-corrected chi connectivity index (χ4v) is 7.36. The first-order valence-corrected chi connectivity index (χ1v) is 14.6. The number of hydrogen-bond donors (Lipinski definition) is 1. The third kappa shape index (κ3) is 5.43. The molecular formula is C29H29N3O3S2. The molecule has 1 aromatic carbocycles. The van der Waals surface area contributed by atoms with Crippen molar-refractivity contribution in [3.05, 3.63) is 63.8 Å². The number of hydrogen-bond acceptors (Lipinski definition) is 7. The fourth-order valence-electron chi connectivity index (χ4n) is 5.13. The average Bonchev–Trinajstić information content (AvgIpc) is 3.27. The van der Waals surface area contributed by atoms with Crippen molar-refractivity contribution in [3.8, 4) is 16.5 Å². The highest BCUT2D eigenvalue weighted by atomic mass is 32.2. The van der Waals surface area contributed by atoms with Crippen LogP contribution in [0.4, 0.5) is 5.00 Å². The Labute approximate surface area is 225 Å². The Bertz CT molecular complexity index is 1390. The van der Waals surface area contributed by atoms with Gasteiger partial charge in [0.15, 0.2) is 0 Å². The molecule has 0 saturated heterocycles. The van der Waals surface area contributed by atoms with Crippen molar-refractivity contribution in [1.82, 2.24) is 4.98 Å². The number of carbonyl (C=O) groups excluding carboxylic acids is 2. The zero-order chi connectivity index (χ0) is 25.8. The summed E-state index contributed by atoms with van der Waals surface area (Å²) in [7, 11) is 1.37. The minimum Gasteiger partial charge on any atom is -0.465 e. The van der Waals surface area contributed by atoms with Crippen molar-refractivity contribution in [2.24, 2.45) is 0 Å². The number of nitrogens with one attached hydrogen (secondary N) is 1. The Morgan fingerprint density at radius 2 is 1.92 bits per heavy atom. The van der Waals surface area contributed by atoms with Crippen molar-refractivity contribution in [2.45, 2.75) is 62.8 Å². The number of aryl methyl sites for hydroxylation is 3. The number of esters is 1. The van der Waals surface area contributed by atoms with E-state index in [1.807, 2.05) is 18.2 Å². The summed E-state index contributed by atoms with van der Waals surface area (Å²) in [6.07, 6.45) is 8.45. The lowest BCUT2D eigenvalue weighted by atomic mass is 9.89. The molecule has 0 bridgehead atoms. The second kappa shape index (κ2) is 11.5. The van der Waals surface area contributed by atoms with E-state index in [0.717, 1.165) is 60.2 Å². The molecule has 2 aliphatic rings. The third-order valence-corrected chi connectivity index (χ3v) is 9.18. The molecule has 8 heteroatoms. The molecule has 37 heavy (non-hydrogen) atoms. The number of pyridine rings is 1. The number of thiophene rings is 1. The van der Waals surface area contributed by atoms with E-state index in [-0.39, 0.29) is 12.3 Å². The van der Waals surface area contributed by atoms with Crippen LogP contribution in [0.5, 0.6) is 0 Å². The molecule has 0 fully saturated rings. The number of benzene rings is 1. The summed E-state index contributed by atoms with van der Waals surface area (Å²) in [6, 6.07) is 12.5. The number of carbonyl (C=O) groups is 2. The molecule has 0 spiro atoms. The molecule has 2 heterocycles. The lowest BCUT2D eigenvalue weighted by molar-refractivity contribution is -0.115. The summed E-state index contributed by atoms with van der Waals surface area (Å²) < 4.78 is 5.07. The topological polar surface area (TPSA) is 92.1 Å². The molecule has 6 nitrogen and oxygen atoms in total. The molecule has 0 radical (unpaired) electrons. The number of anilines is 1. The molecular weight excluding hydrogens is 502 g/mol. The first kappa shape index (κ1) is 25.5. The Hall–Kier alpha value is -3.15. The van der Waals surface area contributed by atoms with E-state index in [9.17, 15) is 14.9 Å². The van der Waals surface area contributed by atoms with Crippen LogP contribution >= 0.6 is 23.1 Å². The van der Waals surface area contributed by atoms with Crippen LogP contribution in [0.2, 0.25) is 0 Å². The van der Waals surface area contributed by atoms with Crippen molar-refractivity contribution in [3.63, 3.8) is 0 Å². The van der Waals surface area contributed by atoms with Gasteiger partial charge in [-0.25, -0.2) is 9.78 Å². The lowest BCUT2D eigenvalue weighted by Crippen LogP contribution is -2.15. The van der Waals surface area contributed by atoms with E-state index in [0.29, 0.717) is 26.9 Å². The van der Waals surface area contributed by atoms with Gasteiger partial charge in [0, 0.05) is 22.7 Å². The van der Waals surface area contributed by atoms with Gasteiger partial charge in [0.1, 0.15) is 16.1 Å². The number of nitrogens with zero attached hydrogens (tertiary/aromatic N) is 2. The molecule has 190 valence electrons. The lowest BCUT2D eigenvalue weighted by Gasteiger charge is -2.16. The SMILES string of the molecule is COC(=O)c1c(NC(=O)CCSc2nc3c(cc2C#N)CCCCCC3)sc2c1CCc1ccccc1-2. The van der Waals surface area contributed by atoms with Crippen LogP contribution in [0.3, 0.4) is 0 Å². The number of rotatable bonds is 6. The molecule has 2 aliphatic carbocycles. The number of ether oxygens (including phenoxy) is 1. The Morgan fingerprint density at radius 3 is 2.73 bits per heavy atom. The quantitative estimate of drug-likeness (QED) is 0.294. The monoisotopic (exact) mass is 531 g/mol. The molecule has 2 aromatic heterocycles. The smallest absolute Gasteiger partial charge is 0.341 e. The second-order valence-corrected chi connectivity index (χ2v) is 11.5. The van der Waals surface area contributed by atoms with Crippen molar-refractivity contribution < 1.29 is 14.3 Å². The van der Waals surface area contributed by atoms with Gasteiger partial charge >= 0.3 is 5.97 Å². The zero-order valence-electron chi connectivity index (χ0n) is 20.9. The van der Waals surface area contributed by atoms with Gasteiger partial charge in [0.2, 0.25) is 5.91 Å². The van der Waals surface area contributed by atoms with Crippen molar-refractivity contribution in [2.75, 3.05) is 18.2 Å². The third-order valence-electron chi connectivity index (χ3n) is 7.01. The largest absolute Gasteiger partial charge is 0.465 e. The molecule has 1 N–H and O–H groups in total. The number of nitriles is 1. The van der Waals surface area contributed by atoms with Gasteiger partial charge in [-0.3, -0.25) is 4.79 Å². The number of fused-ring (bicyclic) bond motifs is 4. The summed E-state index contributed by atoms with van der Waals surface area (Å²) in [5.74, 6) is -0.104. The minimum atomic E-state index is -0.426. The highest BCUT2D eigenvalue weighted by Crippen LogP contribution is 2.45. The second-order valence-electron chi connectivity index (χ2n) is 9.38. The number of thioether (sulfide) groups is 1. The van der Waals surface area contributed by atoms with Crippen LogP contribution in [0.15, 0.2) is 35.4 Å². The highest BCUT2D eigenvalue weighted by molar-refractivity contribution is 7.99.